The van der Waals surface area contributed by atoms with Gasteiger partial charge in [-0.05, 0) is 86.8 Å². The predicted octanol–water partition coefficient (Wildman–Crippen LogP) is 7.05. The molecule has 1 N–H and O–H groups in total. The summed E-state index contributed by atoms with van der Waals surface area (Å²) in [5, 5.41) is 3.99. The van der Waals surface area contributed by atoms with Crippen LogP contribution in [0.2, 0.25) is 10.0 Å². The lowest BCUT2D eigenvalue weighted by atomic mass is 10.0. The van der Waals surface area contributed by atoms with Gasteiger partial charge in [0.1, 0.15) is 12.6 Å². The fourth-order valence-electron chi connectivity index (χ4n) is 4.93. The van der Waals surface area contributed by atoms with Crippen LogP contribution >= 0.6 is 23.2 Å². The molecule has 0 aliphatic carbocycles. The van der Waals surface area contributed by atoms with Crippen LogP contribution in [0.4, 0.5) is 5.69 Å². The number of sulfonamides is 1. The lowest BCUT2D eigenvalue weighted by Crippen LogP contribution is -2.56. The van der Waals surface area contributed by atoms with Gasteiger partial charge in [-0.1, -0.05) is 83.9 Å². The molecule has 0 fully saturated rings. The molecule has 45 heavy (non-hydrogen) atoms. The molecule has 4 aromatic rings. The van der Waals surface area contributed by atoms with Crippen molar-refractivity contribution in [2.45, 2.75) is 57.1 Å². The van der Waals surface area contributed by atoms with Crippen LogP contribution in [0.5, 0.6) is 0 Å². The molecule has 0 aromatic heterocycles. The van der Waals surface area contributed by atoms with Crippen LogP contribution in [-0.2, 0) is 32.6 Å². The van der Waals surface area contributed by atoms with E-state index in [0.29, 0.717) is 21.3 Å². The Morgan fingerprint density at radius 3 is 1.96 bits per heavy atom. The second-order valence-electron chi connectivity index (χ2n) is 11.8. The minimum atomic E-state index is -4.21. The zero-order valence-electron chi connectivity index (χ0n) is 25.7. The summed E-state index contributed by atoms with van der Waals surface area (Å²) in [5.74, 6) is -0.905. The quantitative estimate of drug-likeness (QED) is 0.186. The lowest BCUT2D eigenvalue weighted by molar-refractivity contribution is -0.140. The fourth-order valence-corrected chi connectivity index (χ4v) is 6.78. The van der Waals surface area contributed by atoms with Gasteiger partial charge in [0, 0.05) is 28.5 Å². The summed E-state index contributed by atoms with van der Waals surface area (Å²) in [4.78, 5) is 30.0. The first-order chi connectivity index (χ1) is 21.2. The van der Waals surface area contributed by atoms with Crippen molar-refractivity contribution in [2.75, 3.05) is 10.8 Å². The Morgan fingerprint density at radius 2 is 1.38 bits per heavy atom. The number of carbonyl (C=O) groups is 2. The van der Waals surface area contributed by atoms with Crippen molar-refractivity contribution < 1.29 is 18.0 Å². The summed E-state index contributed by atoms with van der Waals surface area (Å²) in [5.41, 5.74) is 1.88. The van der Waals surface area contributed by atoms with E-state index in [0.717, 1.165) is 15.4 Å². The van der Waals surface area contributed by atoms with Crippen LogP contribution in [-0.4, -0.2) is 43.3 Å². The third kappa shape index (κ3) is 9.10. The largest absolute Gasteiger partial charge is 0.350 e. The van der Waals surface area contributed by atoms with Gasteiger partial charge in [0.2, 0.25) is 11.8 Å². The van der Waals surface area contributed by atoms with E-state index in [-0.39, 0.29) is 23.8 Å². The Hall–Kier alpha value is -3.85. The maximum absolute atomic E-state index is 14.5. The highest BCUT2D eigenvalue weighted by atomic mass is 35.5. The van der Waals surface area contributed by atoms with E-state index in [9.17, 15) is 18.0 Å². The molecule has 2 amide bonds. The van der Waals surface area contributed by atoms with Gasteiger partial charge in [-0.15, -0.1) is 0 Å². The number of halogens is 2. The smallest absolute Gasteiger partial charge is 0.264 e. The molecular formula is C35H37Cl2N3O4S. The number of rotatable bonds is 11. The second kappa shape index (κ2) is 14.5. The Balaban J connectivity index is 1.83. The van der Waals surface area contributed by atoms with Gasteiger partial charge in [-0.25, -0.2) is 8.42 Å². The summed E-state index contributed by atoms with van der Waals surface area (Å²) in [6.45, 7) is 6.83. The average Bonchev–Trinajstić information content (AvgIpc) is 2.99. The minimum absolute atomic E-state index is 0.0303. The molecule has 0 heterocycles. The van der Waals surface area contributed by atoms with Crippen molar-refractivity contribution in [1.82, 2.24) is 10.2 Å². The van der Waals surface area contributed by atoms with E-state index in [1.807, 2.05) is 51.1 Å². The van der Waals surface area contributed by atoms with Crippen molar-refractivity contribution in [3.8, 4) is 0 Å². The zero-order chi connectivity index (χ0) is 32.8. The summed E-state index contributed by atoms with van der Waals surface area (Å²) in [6.07, 6.45) is 0.216. The van der Waals surface area contributed by atoms with Crippen molar-refractivity contribution in [3.63, 3.8) is 0 Å². The third-order valence-corrected chi connectivity index (χ3v) is 9.33. The summed E-state index contributed by atoms with van der Waals surface area (Å²) in [6, 6.07) is 28.2. The lowest BCUT2D eigenvalue weighted by Gasteiger charge is -2.35. The topological polar surface area (TPSA) is 86.8 Å². The molecule has 0 radical (unpaired) electrons. The maximum Gasteiger partial charge on any atom is 0.264 e. The Kier molecular flexibility index (Phi) is 11.0. The van der Waals surface area contributed by atoms with Crippen LogP contribution < -0.4 is 9.62 Å². The molecule has 0 aliphatic rings. The standard InChI is InChI=1S/C35H37Cl2N3O4S/c1-25-21-29(37)19-20-31(25)40(45(43,44)30-13-9-6-10-14-30)24-33(41)39(23-27-15-17-28(36)18-16-27)32(34(42)38-35(2,3)4)22-26-11-7-5-8-12-26/h5-21,32H,22-24H2,1-4H3,(H,38,42)/t32-/m0/s1. The number of nitrogens with zero attached hydrogens (tertiary/aromatic N) is 2. The highest BCUT2D eigenvalue weighted by Gasteiger charge is 2.36. The van der Waals surface area contributed by atoms with E-state index < -0.39 is 34.1 Å². The highest BCUT2D eigenvalue weighted by molar-refractivity contribution is 7.92. The van der Waals surface area contributed by atoms with Gasteiger partial charge in [-0.2, -0.15) is 0 Å². The average molecular weight is 667 g/mol. The van der Waals surface area contributed by atoms with E-state index in [2.05, 4.69) is 5.32 Å². The molecule has 1 atom stereocenters. The third-order valence-electron chi connectivity index (χ3n) is 7.07. The number of benzene rings is 4. The van der Waals surface area contributed by atoms with Gasteiger partial charge in [0.15, 0.2) is 0 Å². The molecule has 0 spiro atoms. The van der Waals surface area contributed by atoms with Crippen molar-refractivity contribution in [1.29, 1.82) is 0 Å². The van der Waals surface area contributed by atoms with Crippen LogP contribution in [0.25, 0.3) is 0 Å². The zero-order valence-corrected chi connectivity index (χ0v) is 28.0. The van der Waals surface area contributed by atoms with Crippen molar-refractivity contribution in [2.24, 2.45) is 0 Å². The first-order valence-electron chi connectivity index (χ1n) is 14.5. The monoisotopic (exact) mass is 665 g/mol. The molecule has 0 unspecified atom stereocenters. The van der Waals surface area contributed by atoms with E-state index in [1.165, 1.54) is 17.0 Å². The van der Waals surface area contributed by atoms with Crippen molar-refractivity contribution >= 4 is 50.7 Å². The Bertz CT molecular complexity index is 1730. The number of nitrogens with one attached hydrogen (secondary N) is 1. The maximum atomic E-state index is 14.5. The van der Waals surface area contributed by atoms with E-state index in [1.54, 1.807) is 67.6 Å². The minimum Gasteiger partial charge on any atom is -0.350 e. The summed E-state index contributed by atoms with van der Waals surface area (Å²) < 4.78 is 29.4. The molecule has 0 bridgehead atoms. The second-order valence-corrected chi connectivity index (χ2v) is 14.6. The molecule has 0 saturated heterocycles. The first-order valence-corrected chi connectivity index (χ1v) is 16.7. The molecule has 0 aliphatic heterocycles. The van der Waals surface area contributed by atoms with Crippen LogP contribution in [0.1, 0.15) is 37.5 Å². The van der Waals surface area contributed by atoms with Gasteiger partial charge >= 0.3 is 0 Å². The number of hydrogen-bond donors (Lipinski definition) is 1. The number of aryl methyl sites for hydroxylation is 1. The summed E-state index contributed by atoms with van der Waals surface area (Å²) in [7, 11) is -4.21. The number of hydrogen-bond acceptors (Lipinski definition) is 4. The van der Waals surface area contributed by atoms with Gasteiger partial charge < -0.3 is 10.2 Å². The molecular weight excluding hydrogens is 629 g/mol. The fraction of sp³-hybridized carbons (Fsp3) is 0.257. The van der Waals surface area contributed by atoms with Crippen LogP contribution in [0.15, 0.2) is 108 Å². The molecule has 4 rings (SSSR count). The highest BCUT2D eigenvalue weighted by Crippen LogP contribution is 2.30. The number of anilines is 1. The van der Waals surface area contributed by atoms with Gasteiger partial charge in [0.25, 0.3) is 10.0 Å². The van der Waals surface area contributed by atoms with E-state index in [4.69, 9.17) is 23.2 Å². The van der Waals surface area contributed by atoms with Gasteiger partial charge in [0.05, 0.1) is 10.6 Å². The molecule has 0 saturated carbocycles. The number of carbonyl (C=O) groups excluding carboxylic acids is 2. The van der Waals surface area contributed by atoms with Crippen LogP contribution in [0.3, 0.4) is 0 Å². The Morgan fingerprint density at radius 1 is 0.800 bits per heavy atom. The van der Waals surface area contributed by atoms with E-state index >= 15 is 0 Å². The van der Waals surface area contributed by atoms with Crippen molar-refractivity contribution in [3.05, 3.63) is 130 Å². The Labute approximate surface area is 275 Å². The predicted molar refractivity (Wildman–Crippen MR) is 181 cm³/mol. The molecule has 10 heteroatoms. The molecule has 4 aromatic carbocycles. The summed E-state index contributed by atoms with van der Waals surface area (Å²) >= 11 is 12.4. The first kappa shape index (κ1) is 34.0. The SMILES string of the molecule is Cc1cc(Cl)ccc1N(CC(=O)N(Cc1ccc(Cl)cc1)[C@@H](Cc1ccccc1)C(=O)NC(C)(C)C)S(=O)(=O)c1ccccc1. The molecule has 7 nitrogen and oxygen atoms in total. The molecule has 236 valence electrons. The normalized spacial score (nSPS) is 12.3. The number of amides is 2. The van der Waals surface area contributed by atoms with Gasteiger partial charge in [-0.3, -0.25) is 13.9 Å². The van der Waals surface area contributed by atoms with Crippen LogP contribution in [0, 0.1) is 6.92 Å².